The molecule has 5 heteroatoms. The second kappa shape index (κ2) is 6.56. The molecular formula is C17H17FN2O2. The van der Waals surface area contributed by atoms with Crippen LogP contribution in [0.1, 0.15) is 23.2 Å². The number of hydrogen-bond donors (Lipinski definition) is 0. The Bertz CT molecular complexity index is 640. The molecule has 22 heavy (non-hydrogen) atoms. The fourth-order valence-electron chi connectivity index (χ4n) is 2.59. The smallest absolute Gasteiger partial charge is 0.256 e. The van der Waals surface area contributed by atoms with E-state index in [2.05, 4.69) is 4.98 Å². The molecule has 3 rings (SSSR count). The molecule has 1 amide bonds. The summed E-state index contributed by atoms with van der Waals surface area (Å²) in [5.74, 6) is 0.0144. The highest BCUT2D eigenvalue weighted by Crippen LogP contribution is 2.20. The number of ether oxygens (including phenoxy) is 1. The average Bonchev–Trinajstić information content (AvgIpc) is 2.56. The zero-order chi connectivity index (χ0) is 15.4. The molecule has 2 aromatic rings. The quantitative estimate of drug-likeness (QED) is 0.875. The number of benzene rings is 1. The van der Waals surface area contributed by atoms with Gasteiger partial charge in [0.05, 0.1) is 11.8 Å². The molecule has 0 unspecified atom stereocenters. The fourth-order valence-corrected chi connectivity index (χ4v) is 2.59. The van der Waals surface area contributed by atoms with E-state index in [0.717, 1.165) is 18.6 Å². The molecule has 0 bridgehead atoms. The van der Waals surface area contributed by atoms with Crippen LogP contribution < -0.4 is 4.74 Å². The third-order valence-electron chi connectivity index (χ3n) is 3.77. The van der Waals surface area contributed by atoms with Crippen molar-refractivity contribution in [2.45, 2.75) is 18.9 Å². The average molecular weight is 300 g/mol. The van der Waals surface area contributed by atoms with Crippen molar-refractivity contribution >= 4 is 5.91 Å². The lowest BCUT2D eigenvalue weighted by Crippen LogP contribution is -2.42. The van der Waals surface area contributed by atoms with E-state index < -0.39 is 5.82 Å². The first-order valence-electron chi connectivity index (χ1n) is 7.34. The van der Waals surface area contributed by atoms with Crippen LogP contribution in [0.15, 0.2) is 48.8 Å². The van der Waals surface area contributed by atoms with Crippen molar-refractivity contribution in [1.29, 1.82) is 0 Å². The minimum absolute atomic E-state index is 0.0638. The number of nitrogens with zero attached hydrogens (tertiary/aromatic N) is 2. The van der Waals surface area contributed by atoms with Crippen molar-refractivity contribution in [2.24, 2.45) is 0 Å². The second-order valence-electron chi connectivity index (χ2n) is 5.28. The first-order valence-corrected chi connectivity index (χ1v) is 7.34. The summed E-state index contributed by atoms with van der Waals surface area (Å²) >= 11 is 0. The van der Waals surface area contributed by atoms with Gasteiger partial charge in [-0.15, -0.1) is 0 Å². The predicted octanol–water partition coefficient (Wildman–Crippen LogP) is 2.90. The Morgan fingerprint density at radius 1 is 1.18 bits per heavy atom. The largest absolute Gasteiger partial charge is 0.489 e. The molecule has 1 aliphatic heterocycles. The Morgan fingerprint density at radius 3 is 2.64 bits per heavy atom. The number of likely N-dealkylation sites (tertiary alicyclic amines) is 1. The first-order chi connectivity index (χ1) is 10.7. The standard InChI is InChI=1S/C17H17FN2O2/c18-16-6-2-1-5-15(16)17(21)20-10-7-13(8-11-20)22-14-4-3-9-19-12-14/h1-6,9,12-13H,7-8,10-11H2. The molecule has 0 saturated carbocycles. The van der Waals surface area contributed by atoms with Gasteiger partial charge in [0.2, 0.25) is 0 Å². The van der Waals surface area contributed by atoms with Crippen LogP contribution in [0.2, 0.25) is 0 Å². The summed E-state index contributed by atoms with van der Waals surface area (Å²) in [5.41, 5.74) is 0.133. The van der Waals surface area contributed by atoms with Gasteiger partial charge in [0.15, 0.2) is 0 Å². The van der Waals surface area contributed by atoms with Crippen LogP contribution in [0.3, 0.4) is 0 Å². The lowest BCUT2D eigenvalue weighted by molar-refractivity contribution is 0.0591. The van der Waals surface area contributed by atoms with Crippen LogP contribution >= 0.6 is 0 Å². The van der Waals surface area contributed by atoms with Crippen LogP contribution in [0.25, 0.3) is 0 Å². The molecule has 1 aromatic heterocycles. The highest BCUT2D eigenvalue weighted by Gasteiger charge is 2.26. The summed E-state index contributed by atoms with van der Waals surface area (Å²) in [4.78, 5) is 18.0. The summed E-state index contributed by atoms with van der Waals surface area (Å²) in [6.45, 7) is 1.14. The second-order valence-corrected chi connectivity index (χ2v) is 5.28. The van der Waals surface area contributed by atoms with Crippen LogP contribution in [-0.4, -0.2) is 35.0 Å². The number of amides is 1. The van der Waals surface area contributed by atoms with E-state index in [-0.39, 0.29) is 17.6 Å². The number of piperidine rings is 1. The molecule has 2 heterocycles. The zero-order valence-corrected chi connectivity index (χ0v) is 12.1. The normalized spacial score (nSPS) is 15.6. The first kappa shape index (κ1) is 14.5. The van der Waals surface area contributed by atoms with Gasteiger partial charge in [-0.1, -0.05) is 12.1 Å². The number of halogens is 1. The number of carbonyl (C=O) groups excluding carboxylic acids is 1. The molecule has 1 saturated heterocycles. The topological polar surface area (TPSA) is 42.4 Å². The van der Waals surface area contributed by atoms with Crippen molar-refractivity contribution in [3.8, 4) is 5.75 Å². The Labute approximate surface area is 128 Å². The van der Waals surface area contributed by atoms with Crippen LogP contribution in [0, 0.1) is 5.82 Å². The molecule has 4 nitrogen and oxygen atoms in total. The molecule has 0 radical (unpaired) electrons. The summed E-state index contributed by atoms with van der Waals surface area (Å²) in [7, 11) is 0. The molecule has 114 valence electrons. The molecule has 0 atom stereocenters. The molecule has 0 N–H and O–H groups in total. The number of pyridine rings is 1. The van der Waals surface area contributed by atoms with E-state index in [1.807, 2.05) is 12.1 Å². The van der Waals surface area contributed by atoms with Gasteiger partial charge in [0.25, 0.3) is 5.91 Å². The third-order valence-corrected chi connectivity index (χ3v) is 3.77. The van der Waals surface area contributed by atoms with E-state index in [0.29, 0.717) is 13.1 Å². The predicted molar refractivity (Wildman–Crippen MR) is 80.2 cm³/mol. The number of rotatable bonds is 3. The Hall–Kier alpha value is -2.43. The van der Waals surface area contributed by atoms with Crippen molar-refractivity contribution in [2.75, 3.05) is 13.1 Å². The van der Waals surface area contributed by atoms with Crippen molar-refractivity contribution in [1.82, 2.24) is 9.88 Å². The maximum atomic E-state index is 13.7. The SMILES string of the molecule is O=C(c1ccccc1F)N1CCC(Oc2cccnc2)CC1. The van der Waals surface area contributed by atoms with Gasteiger partial charge in [-0.2, -0.15) is 0 Å². The molecular weight excluding hydrogens is 283 g/mol. The van der Waals surface area contributed by atoms with Crippen LogP contribution in [0.5, 0.6) is 5.75 Å². The minimum Gasteiger partial charge on any atom is -0.489 e. The van der Waals surface area contributed by atoms with Gasteiger partial charge < -0.3 is 9.64 Å². The van der Waals surface area contributed by atoms with E-state index in [9.17, 15) is 9.18 Å². The summed E-state index contributed by atoms with van der Waals surface area (Å²) < 4.78 is 19.5. The molecule has 1 aliphatic rings. The van der Waals surface area contributed by atoms with E-state index in [1.165, 1.54) is 12.1 Å². The van der Waals surface area contributed by atoms with Crippen molar-refractivity contribution in [3.63, 3.8) is 0 Å². The summed E-state index contributed by atoms with van der Waals surface area (Å²) in [6.07, 6.45) is 4.90. The zero-order valence-electron chi connectivity index (χ0n) is 12.1. The number of carbonyl (C=O) groups is 1. The monoisotopic (exact) mass is 300 g/mol. The molecule has 0 aliphatic carbocycles. The Kier molecular flexibility index (Phi) is 4.32. The summed E-state index contributed by atoms with van der Waals surface area (Å²) in [5, 5.41) is 0. The number of hydrogen-bond acceptors (Lipinski definition) is 3. The van der Waals surface area contributed by atoms with Gasteiger partial charge in [0, 0.05) is 32.1 Å². The van der Waals surface area contributed by atoms with E-state index in [1.54, 1.807) is 29.4 Å². The number of aromatic nitrogens is 1. The highest BCUT2D eigenvalue weighted by atomic mass is 19.1. The van der Waals surface area contributed by atoms with Gasteiger partial charge in [0.1, 0.15) is 17.7 Å². The lowest BCUT2D eigenvalue weighted by atomic mass is 10.1. The maximum absolute atomic E-state index is 13.7. The van der Waals surface area contributed by atoms with E-state index in [4.69, 9.17) is 4.74 Å². The van der Waals surface area contributed by atoms with E-state index >= 15 is 0 Å². The Balaban J connectivity index is 1.58. The third kappa shape index (κ3) is 3.24. The van der Waals surface area contributed by atoms with Gasteiger partial charge >= 0.3 is 0 Å². The Morgan fingerprint density at radius 2 is 1.95 bits per heavy atom. The minimum atomic E-state index is -0.471. The fraction of sp³-hybridized carbons (Fsp3) is 0.294. The van der Waals surface area contributed by atoms with Crippen LogP contribution in [-0.2, 0) is 0 Å². The molecule has 0 spiro atoms. The highest BCUT2D eigenvalue weighted by molar-refractivity contribution is 5.94. The van der Waals surface area contributed by atoms with Gasteiger partial charge in [-0.25, -0.2) is 4.39 Å². The van der Waals surface area contributed by atoms with Gasteiger partial charge in [-0.05, 0) is 24.3 Å². The molecule has 1 aromatic carbocycles. The van der Waals surface area contributed by atoms with Crippen LogP contribution in [0.4, 0.5) is 4.39 Å². The molecule has 1 fully saturated rings. The lowest BCUT2D eigenvalue weighted by Gasteiger charge is -2.32. The van der Waals surface area contributed by atoms with Crippen molar-refractivity contribution < 1.29 is 13.9 Å². The maximum Gasteiger partial charge on any atom is 0.256 e. The van der Waals surface area contributed by atoms with Gasteiger partial charge in [-0.3, -0.25) is 9.78 Å². The van der Waals surface area contributed by atoms with Crippen molar-refractivity contribution in [3.05, 3.63) is 60.2 Å². The summed E-state index contributed by atoms with van der Waals surface area (Å²) in [6, 6.07) is 9.78.